The second-order valence-corrected chi connectivity index (χ2v) is 6.76. The molecule has 24 heavy (non-hydrogen) atoms. The number of piperidine rings is 1. The van der Waals surface area contributed by atoms with Crippen LogP contribution in [0.1, 0.15) is 37.7 Å². The predicted octanol–water partition coefficient (Wildman–Crippen LogP) is 3.16. The van der Waals surface area contributed by atoms with E-state index in [1.165, 1.54) is 17.0 Å². The molecule has 7 heteroatoms. The predicted molar refractivity (Wildman–Crippen MR) is 78.7 cm³/mol. The van der Waals surface area contributed by atoms with Gasteiger partial charge in [-0.15, -0.1) is 0 Å². The quantitative estimate of drug-likeness (QED) is 0.837. The van der Waals surface area contributed by atoms with Crippen LogP contribution in [-0.2, 0) is 10.2 Å². The Hall–Kier alpha value is -1.63. The zero-order chi connectivity index (χ0) is 17.6. The highest BCUT2D eigenvalue weighted by atomic mass is 19.4. The SMILES string of the molecule is O=C(N1CCC(O)(C(F)(F)F)CC1)C1(c2ccc(F)cc2)CCC1. The molecule has 3 nitrogen and oxygen atoms in total. The van der Waals surface area contributed by atoms with Crippen molar-refractivity contribution >= 4 is 5.91 Å². The van der Waals surface area contributed by atoms with Gasteiger partial charge in [-0.3, -0.25) is 4.79 Å². The van der Waals surface area contributed by atoms with Crippen molar-refractivity contribution in [1.82, 2.24) is 4.90 Å². The summed E-state index contributed by atoms with van der Waals surface area (Å²) in [6.45, 7) is -0.254. The largest absolute Gasteiger partial charge is 0.417 e. The second kappa shape index (κ2) is 5.72. The Morgan fingerprint density at radius 2 is 1.58 bits per heavy atom. The van der Waals surface area contributed by atoms with E-state index >= 15 is 0 Å². The van der Waals surface area contributed by atoms with E-state index in [9.17, 15) is 27.5 Å². The fraction of sp³-hybridized carbons (Fsp3) is 0.588. The summed E-state index contributed by atoms with van der Waals surface area (Å²) in [6, 6.07) is 5.73. The summed E-state index contributed by atoms with van der Waals surface area (Å²) in [5.74, 6) is -0.613. The van der Waals surface area contributed by atoms with Crippen LogP contribution in [0.4, 0.5) is 17.6 Å². The van der Waals surface area contributed by atoms with Crippen LogP contribution >= 0.6 is 0 Å². The Bertz CT molecular complexity index is 614. The smallest absolute Gasteiger partial charge is 0.380 e. The molecule has 0 atom stereocenters. The van der Waals surface area contributed by atoms with E-state index in [0.717, 1.165) is 6.42 Å². The minimum Gasteiger partial charge on any atom is -0.380 e. The highest BCUT2D eigenvalue weighted by Crippen LogP contribution is 2.46. The maximum absolute atomic E-state index is 13.1. The lowest BCUT2D eigenvalue weighted by Crippen LogP contribution is -2.58. The van der Waals surface area contributed by atoms with Crippen LogP contribution < -0.4 is 0 Å². The topological polar surface area (TPSA) is 40.5 Å². The summed E-state index contributed by atoms with van der Waals surface area (Å²) in [5.41, 5.74) is -2.77. The third kappa shape index (κ3) is 2.68. The van der Waals surface area contributed by atoms with Crippen LogP contribution in [-0.4, -0.2) is 40.8 Å². The van der Waals surface area contributed by atoms with Gasteiger partial charge in [-0.25, -0.2) is 4.39 Å². The third-order valence-electron chi connectivity index (χ3n) is 5.42. The van der Waals surface area contributed by atoms with Gasteiger partial charge in [0, 0.05) is 25.9 Å². The molecule has 3 rings (SSSR count). The maximum Gasteiger partial charge on any atom is 0.417 e. The summed E-state index contributed by atoms with van der Waals surface area (Å²) in [7, 11) is 0. The van der Waals surface area contributed by atoms with Crippen molar-refractivity contribution in [2.45, 2.75) is 49.3 Å². The van der Waals surface area contributed by atoms with Crippen molar-refractivity contribution in [1.29, 1.82) is 0 Å². The van der Waals surface area contributed by atoms with E-state index in [0.29, 0.717) is 18.4 Å². The van der Waals surface area contributed by atoms with E-state index < -0.39 is 35.9 Å². The lowest BCUT2D eigenvalue weighted by Gasteiger charge is -2.47. The number of amides is 1. The van der Waals surface area contributed by atoms with Gasteiger partial charge in [0.25, 0.3) is 0 Å². The Balaban J connectivity index is 1.76. The Kier molecular flexibility index (Phi) is 4.10. The number of hydrogen-bond donors (Lipinski definition) is 1. The monoisotopic (exact) mass is 345 g/mol. The molecule has 2 aliphatic rings. The third-order valence-corrected chi connectivity index (χ3v) is 5.42. The number of carbonyl (C=O) groups is 1. The van der Waals surface area contributed by atoms with Crippen molar-refractivity contribution < 1.29 is 27.5 Å². The molecule has 0 aromatic heterocycles. The lowest BCUT2D eigenvalue weighted by atomic mass is 9.63. The molecule has 1 aromatic carbocycles. The average Bonchev–Trinajstić information content (AvgIpc) is 2.47. The molecule has 0 radical (unpaired) electrons. The zero-order valence-corrected chi connectivity index (χ0v) is 13.1. The van der Waals surface area contributed by atoms with E-state index in [1.807, 2.05) is 0 Å². The zero-order valence-electron chi connectivity index (χ0n) is 13.1. The number of carbonyl (C=O) groups excluding carboxylic acids is 1. The number of benzene rings is 1. The molecule has 1 aliphatic carbocycles. The summed E-state index contributed by atoms with van der Waals surface area (Å²) in [5, 5.41) is 9.72. The van der Waals surface area contributed by atoms with Gasteiger partial charge >= 0.3 is 6.18 Å². The highest BCUT2D eigenvalue weighted by Gasteiger charge is 2.56. The van der Waals surface area contributed by atoms with E-state index in [1.54, 1.807) is 12.1 Å². The van der Waals surface area contributed by atoms with Gasteiger partial charge < -0.3 is 10.0 Å². The lowest BCUT2D eigenvalue weighted by molar-refractivity contribution is -0.272. The van der Waals surface area contributed by atoms with Gasteiger partial charge in [-0.2, -0.15) is 13.2 Å². The van der Waals surface area contributed by atoms with Gasteiger partial charge in [-0.1, -0.05) is 18.6 Å². The van der Waals surface area contributed by atoms with Crippen molar-refractivity contribution in [3.8, 4) is 0 Å². The molecule has 1 N–H and O–H groups in total. The first kappa shape index (κ1) is 17.2. The number of aliphatic hydroxyl groups is 1. The van der Waals surface area contributed by atoms with Crippen LogP contribution in [0.15, 0.2) is 24.3 Å². The molecule has 0 bridgehead atoms. The van der Waals surface area contributed by atoms with Crippen LogP contribution in [0.3, 0.4) is 0 Å². The van der Waals surface area contributed by atoms with E-state index in [-0.39, 0.29) is 19.0 Å². The minimum atomic E-state index is -4.69. The molecule has 1 amide bonds. The number of hydrogen-bond acceptors (Lipinski definition) is 2. The normalized spacial score (nSPS) is 22.8. The van der Waals surface area contributed by atoms with Crippen molar-refractivity contribution in [2.75, 3.05) is 13.1 Å². The first-order valence-corrected chi connectivity index (χ1v) is 8.03. The van der Waals surface area contributed by atoms with Crippen LogP contribution in [0, 0.1) is 5.82 Å². The molecule has 1 heterocycles. The molecule has 1 aliphatic heterocycles. The first-order valence-electron chi connectivity index (χ1n) is 8.03. The second-order valence-electron chi connectivity index (χ2n) is 6.76. The summed E-state index contributed by atoms with van der Waals surface area (Å²) in [6.07, 6.45) is -3.64. The van der Waals surface area contributed by atoms with Gasteiger partial charge in [-0.05, 0) is 30.5 Å². The van der Waals surface area contributed by atoms with E-state index in [4.69, 9.17) is 0 Å². The Morgan fingerprint density at radius 1 is 1.04 bits per heavy atom. The number of likely N-dealkylation sites (tertiary alicyclic amines) is 1. The van der Waals surface area contributed by atoms with Gasteiger partial charge in [0.2, 0.25) is 5.91 Å². The van der Waals surface area contributed by atoms with Crippen LogP contribution in [0.25, 0.3) is 0 Å². The molecule has 132 valence electrons. The highest BCUT2D eigenvalue weighted by molar-refractivity contribution is 5.89. The molecule has 0 unspecified atom stereocenters. The standard InChI is InChI=1S/C17H19F4NO2/c18-13-4-2-12(3-5-13)15(6-1-7-15)14(23)22-10-8-16(24,9-11-22)17(19,20)21/h2-5,24H,1,6-11H2. The summed E-state index contributed by atoms with van der Waals surface area (Å²) >= 11 is 0. The fourth-order valence-electron chi connectivity index (χ4n) is 3.59. The fourth-order valence-corrected chi connectivity index (χ4v) is 3.59. The van der Waals surface area contributed by atoms with Gasteiger partial charge in [0.05, 0.1) is 5.41 Å². The molecule has 0 spiro atoms. The summed E-state index contributed by atoms with van der Waals surface area (Å²) in [4.78, 5) is 14.3. The molecular formula is C17H19F4NO2. The van der Waals surface area contributed by atoms with Crippen molar-refractivity contribution in [3.05, 3.63) is 35.6 Å². The molecule has 1 aromatic rings. The van der Waals surface area contributed by atoms with Crippen LogP contribution in [0.2, 0.25) is 0 Å². The van der Waals surface area contributed by atoms with Crippen molar-refractivity contribution in [2.24, 2.45) is 0 Å². The minimum absolute atomic E-state index is 0.127. The molecule has 1 saturated carbocycles. The van der Waals surface area contributed by atoms with Crippen LogP contribution in [0.5, 0.6) is 0 Å². The number of nitrogens with zero attached hydrogens (tertiary/aromatic N) is 1. The Morgan fingerprint density at radius 3 is 2.00 bits per heavy atom. The van der Waals surface area contributed by atoms with Gasteiger partial charge in [0.1, 0.15) is 5.82 Å². The maximum atomic E-state index is 13.1. The number of alkyl halides is 3. The number of rotatable bonds is 2. The van der Waals surface area contributed by atoms with E-state index in [2.05, 4.69) is 0 Å². The molecule has 2 fully saturated rings. The van der Waals surface area contributed by atoms with Crippen molar-refractivity contribution in [3.63, 3.8) is 0 Å². The van der Waals surface area contributed by atoms with Gasteiger partial charge in [0.15, 0.2) is 5.60 Å². The molecular weight excluding hydrogens is 326 g/mol. The first-order chi connectivity index (χ1) is 11.2. The Labute approximate surface area is 137 Å². The molecule has 1 saturated heterocycles. The average molecular weight is 345 g/mol. The summed E-state index contributed by atoms with van der Waals surface area (Å²) < 4.78 is 51.8. The number of halogens is 4.